The van der Waals surface area contributed by atoms with Crippen LogP contribution in [0.25, 0.3) is 17.4 Å². The molecular weight excluding hydrogens is 468 g/mol. The number of furan rings is 1. The van der Waals surface area contributed by atoms with E-state index in [1.165, 1.54) is 13.2 Å². The Morgan fingerprint density at radius 3 is 2.46 bits per heavy atom. The van der Waals surface area contributed by atoms with Crippen molar-refractivity contribution in [3.8, 4) is 11.3 Å². The second-order valence-corrected chi connectivity index (χ2v) is 8.88. The van der Waals surface area contributed by atoms with E-state index in [-0.39, 0.29) is 11.4 Å². The van der Waals surface area contributed by atoms with Crippen LogP contribution in [-0.2, 0) is 14.3 Å². The van der Waals surface area contributed by atoms with Gasteiger partial charge in [-0.3, -0.25) is 19.3 Å². The van der Waals surface area contributed by atoms with Crippen LogP contribution in [0.3, 0.4) is 0 Å². The van der Waals surface area contributed by atoms with E-state index in [1.54, 1.807) is 42.5 Å². The number of nitrogens with one attached hydrogen (secondary N) is 1. The third-order valence-corrected chi connectivity index (χ3v) is 6.36. The Balaban J connectivity index is 1.43. The monoisotopic (exact) mass is 490 g/mol. The summed E-state index contributed by atoms with van der Waals surface area (Å²) in [5.41, 5.74) is 3.86. The molecule has 0 spiro atoms. The third-order valence-electron chi connectivity index (χ3n) is 5.46. The van der Waals surface area contributed by atoms with E-state index < -0.39 is 23.0 Å². The maximum Gasteiger partial charge on any atom is 0.337 e. The number of imide groups is 1. The van der Waals surface area contributed by atoms with Crippen molar-refractivity contribution < 1.29 is 28.3 Å². The Hall–Kier alpha value is -4.11. The standard InChI is InChI=1S/C26H22N2O6S/c1-15-4-9-19(12-16(15)2)27-23(29)14-28-24(30)22(35-26(28)32)13-20-10-11-21(34-20)17-5-7-18(8-6-17)25(31)33-3/h4-13H,14H2,1-3H3,(H,27,29)/b22-13+. The van der Waals surface area contributed by atoms with Gasteiger partial charge in [0.25, 0.3) is 11.1 Å². The number of carbonyl (C=O) groups is 4. The summed E-state index contributed by atoms with van der Waals surface area (Å²) in [7, 11) is 1.31. The lowest BCUT2D eigenvalue weighted by Gasteiger charge is -2.13. The van der Waals surface area contributed by atoms with Crippen molar-refractivity contribution in [2.45, 2.75) is 13.8 Å². The summed E-state index contributed by atoms with van der Waals surface area (Å²) in [4.78, 5) is 50.2. The second kappa shape index (κ2) is 10.0. The van der Waals surface area contributed by atoms with Crippen LogP contribution in [0.15, 0.2) is 63.9 Å². The number of nitrogens with zero attached hydrogens (tertiary/aromatic N) is 1. The fraction of sp³-hybridized carbons (Fsp3) is 0.154. The van der Waals surface area contributed by atoms with Crippen LogP contribution in [0, 0.1) is 13.8 Å². The molecule has 4 rings (SSSR count). The number of amides is 3. The maximum atomic E-state index is 12.8. The number of carbonyl (C=O) groups excluding carboxylic acids is 4. The number of hydrogen-bond donors (Lipinski definition) is 1. The molecule has 1 aromatic heterocycles. The second-order valence-electron chi connectivity index (χ2n) is 7.89. The normalized spacial score (nSPS) is 14.5. The molecule has 2 heterocycles. The van der Waals surface area contributed by atoms with Crippen LogP contribution < -0.4 is 5.32 Å². The van der Waals surface area contributed by atoms with E-state index in [2.05, 4.69) is 10.1 Å². The molecule has 0 aliphatic carbocycles. The number of anilines is 1. The molecule has 0 atom stereocenters. The largest absolute Gasteiger partial charge is 0.465 e. The van der Waals surface area contributed by atoms with Crippen LogP contribution in [0.5, 0.6) is 0 Å². The van der Waals surface area contributed by atoms with Crippen molar-refractivity contribution in [2.24, 2.45) is 0 Å². The van der Waals surface area contributed by atoms with Crippen LogP contribution in [0.2, 0.25) is 0 Å². The summed E-state index contributed by atoms with van der Waals surface area (Å²) < 4.78 is 10.5. The number of methoxy groups -OCH3 is 1. The molecule has 1 fully saturated rings. The zero-order chi connectivity index (χ0) is 25.1. The highest BCUT2D eigenvalue weighted by Gasteiger charge is 2.36. The Kier molecular flexibility index (Phi) is 6.88. The smallest absolute Gasteiger partial charge is 0.337 e. The van der Waals surface area contributed by atoms with Crippen molar-refractivity contribution in [3.63, 3.8) is 0 Å². The zero-order valence-electron chi connectivity index (χ0n) is 19.3. The molecule has 1 aliphatic heterocycles. The van der Waals surface area contributed by atoms with Gasteiger partial charge in [0, 0.05) is 17.3 Å². The summed E-state index contributed by atoms with van der Waals surface area (Å²) in [6.45, 7) is 3.52. The first kappa shape index (κ1) is 24.0. The van der Waals surface area contributed by atoms with E-state index in [0.717, 1.165) is 33.4 Å². The van der Waals surface area contributed by atoms with Gasteiger partial charge in [-0.15, -0.1) is 0 Å². The minimum absolute atomic E-state index is 0.163. The van der Waals surface area contributed by atoms with Gasteiger partial charge >= 0.3 is 5.97 Å². The average Bonchev–Trinajstić information content (AvgIpc) is 3.41. The Morgan fingerprint density at radius 2 is 1.77 bits per heavy atom. The van der Waals surface area contributed by atoms with Crippen molar-refractivity contribution >= 4 is 46.5 Å². The number of esters is 1. The zero-order valence-corrected chi connectivity index (χ0v) is 20.1. The molecule has 2 aromatic carbocycles. The lowest BCUT2D eigenvalue weighted by Crippen LogP contribution is -2.36. The lowest BCUT2D eigenvalue weighted by atomic mass is 10.1. The number of benzene rings is 2. The number of thioether (sulfide) groups is 1. The number of hydrogen-bond acceptors (Lipinski definition) is 7. The molecule has 1 saturated heterocycles. The molecule has 0 saturated carbocycles. The minimum atomic E-state index is -0.560. The highest BCUT2D eigenvalue weighted by atomic mass is 32.2. The Morgan fingerprint density at radius 1 is 1.03 bits per heavy atom. The Bertz CT molecular complexity index is 1360. The first-order valence-corrected chi connectivity index (χ1v) is 11.5. The molecule has 1 aliphatic rings. The first-order valence-electron chi connectivity index (χ1n) is 10.7. The van der Waals surface area contributed by atoms with Crippen LogP contribution in [-0.4, -0.2) is 41.6 Å². The molecule has 178 valence electrons. The number of rotatable bonds is 6. The molecule has 3 amide bonds. The van der Waals surface area contributed by atoms with Gasteiger partial charge in [0.1, 0.15) is 18.1 Å². The molecule has 9 heteroatoms. The van der Waals surface area contributed by atoms with Crippen LogP contribution >= 0.6 is 11.8 Å². The summed E-state index contributed by atoms with van der Waals surface area (Å²) in [5, 5.41) is 2.19. The molecule has 1 N–H and O–H groups in total. The molecule has 3 aromatic rings. The van der Waals surface area contributed by atoms with E-state index in [1.807, 2.05) is 26.0 Å². The lowest BCUT2D eigenvalue weighted by molar-refractivity contribution is -0.127. The van der Waals surface area contributed by atoms with Gasteiger partial charge < -0.3 is 14.5 Å². The molecule has 0 unspecified atom stereocenters. The van der Waals surface area contributed by atoms with Crippen molar-refractivity contribution in [1.29, 1.82) is 0 Å². The highest BCUT2D eigenvalue weighted by Crippen LogP contribution is 2.33. The Labute approximate surface area is 205 Å². The fourth-order valence-corrected chi connectivity index (χ4v) is 4.22. The van der Waals surface area contributed by atoms with Gasteiger partial charge in [-0.25, -0.2) is 4.79 Å². The average molecular weight is 491 g/mol. The van der Waals surface area contributed by atoms with Gasteiger partial charge in [-0.2, -0.15) is 0 Å². The van der Waals surface area contributed by atoms with Crippen molar-refractivity contribution in [1.82, 2.24) is 4.90 Å². The van der Waals surface area contributed by atoms with Gasteiger partial charge in [-0.05, 0) is 73.1 Å². The van der Waals surface area contributed by atoms with Gasteiger partial charge in [0.05, 0.1) is 17.6 Å². The van der Waals surface area contributed by atoms with Crippen LogP contribution in [0.1, 0.15) is 27.2 Å². The highest BCUT2D eigenvalue weighted by molar-refractivity contribution is 8.18. The van der Waals surface area contributed by atoms with Crippen molar-refractivity contribution in [3.05, 3.63) is 82.0 Å². The van der Waals surface area contributed by atoms with Gasteiger partial charge in [0.15, 0.2) is 0 Å². The number of aryl methyl sites for hydroxylation is 2. The summed E-state index contributed by atoms with van der Waals surface area (Å²) in [5.74, 6) is -0.556. The summed E-state index contributed by atoms with van der Waals surface area (Å²) >= 11 is 0.749. The third kappa shape index (κ3) is 5.36. The molecule has 8 nitrogen and oxygen atoms in total. The number of ether oxygens (including phenoxy) is 1. The summed E-state index contributed by atoms with van der Waals surface area (Å²) in [6.07, 6.45) is 1.47. The SMILES string of the molecule is COC(=O)c1ccc(-c2ccc(/C=C3/SC(=O)N(CC(=O)Nc4ccc(C)c(C)c4)C3=O)o2)cc1. The topological polar surface area (TPSA) is 106 Å². The van der Waals surface area contributed by atoms with E-state index in [9.17, 15) is 19.2 Å². The predicted octanol–water partition coefficient (Wildman–Crippen LogP) is 5.03. The fourth-order valence-electron chi connectivity index (χ4n) is 3.40. The van der Waals surface area contributed by atoms with Crippen molar-refractivity contribution in [2.75, 3.05) is 19.0 Å². The summed E-state index contributed by atoms with van der Waals surface area (Å²) in [6, 6.07) is 15.6. The minimum Gasteiger partial charge on any atom is -0.465 e. The maximum absolute atomic E-state index is 12.8. The molecule has 35 heavy (non-hydrogen) atoms. The molecule has 0 radical (unpaired) electrons. The molecule has 0 bridgehead atoms. The quantitative estimate of drug-likeness (QED) is 0.382. The van der Waals surface area contributed by atoms with Gasteiger partial charge in [-0.1, -0.05) is 18.2 Å². The first-order chi connectivity index (χ1) is 16.7. The van der Waals surface area contributed by atoms with E-state index in [4.69, 9.17) is 4.42 Å². The van der Waals surface area contributed by atoms with Gasteiger partial charge in [0.2, 0.25) is 5.91 Å². The molecular formula is C26H22N2O6S. The predicted molar refractivity (Wildman–Crippen MR) is 133 cm³/mol. The van der Waals surface area contributed by atoms with Crippen LogP contribution in [0.4, 0.5) is 10.5 Å². The van der Waals surface area contributed by atoms with E-state index >= 15 is 0 Å². The van der Waals surface area contributed by atoms with E-state index in [0.29, 0.717) is 22.8 Å².